The van der Waals surface area contributed by atoms with E-state index in [1.165, 1.54) is 0 Å². The molecule has 0 bridgehead atoms. The monoisotopic (exact) mass is 264 g/mol. The topological polar surface area (TPSA) is 87.7 Å². The average Bonchev–Trinajstić information content (AvgIpc) is 2.76. The molecule has 0 aromatic heterocycles. The summed E-state index contributed by atoms with van der Waals surface area (Å²) in [5, 5.41) is 14.3. The van der Waals surface area contributed by atoms with Gasteiger partial charge >= 0.3 is 12.0 Å². The Morgan fingerprint density at radius 3 is 2.84 bits per heavy atom. The Kier molecular flexibility index (Phi) is 4.01. The normalized spacial score (nSPS) is 21.9. The molecule has 1 aromatic rings. The van der Waals surface area contributed by atoms with Crippen LogP contribution in [-0.2, 0) is 9.53 Å². The second kappa shape index (κ2) is 5.71. The second-order valence-corrected chi connectivity index (χ2v) is 4.56. The molecule has 2 unspecified atom stereocenters. The summed E-state index contributed by atoms with van der Waals surface area (Å²) in [6.45, 7) is 2.28. The number of ether oxygens (including phenoxy) is 1. The standard InChI is InChI=1S/C13H16N2O4/c1-8-3-2-4-9(5-8)14-13(18)15-11-7-19-6-10(11)12(16)17/h2-5,10-11H,6-7H2,1H3,(H,16,17)(H2,14,15,18). The molecule has 0 radical (unpaired) electrons. The van der Waals surface area contributed by atoms with Crippen LogP contribution in [-0.4, -0.2) is 36.4 Å². The van der Waals surface area contributed by atoms with Crippen molar-refractivity contribution in [1.29, 1.82) is 0 Å². The van der Waals surface area contributed by atoms with Crippen LogP contribution in [0.1, 0.15) is 5.56 Å². The first kappa shape index (κ1) is 13.4. The average molecular weight is 264 g/mol. The lowest BCUT2D eigenvalue weighted by Crippen LogP contribution is -2.44. The van der Waals surface area contributed by atoms with Gasteiger partial charge in [0.05, 0.1) is 19.3 Å². The number of nitrogens with one attached hydrogen (secondary N) is 2. The zero-order chi connectivity index (χ0) is 13.8. The summed E-state index contributed by atoms with van der Waals surface area (Å²) in [5.41, 5.74) is 1.70. The highest BCUT2D eigenvalue weighted by molar-refractivity contribution is 5.90. The van der Waals surface area contributed by atoms with Crippen molar-refractivity contribution in [3.63, 3.8) is 0 Å². The Labute approximate surface area is 110 Å². The van der Waals surface area contributed by atoms with Crippen molar-refractivity contribution in [3.8, 4) is 0 Å². The quantitative estimate of drug-likeness (QED) is 0.766. The third-order valence-corrected chi connectivity index (χ3v) is 2.99. The minimum Gasteiger partial charge on any atom is -0.481 e. The van der Waals surface area contributed by atoms with Crippen LogP contribution in [0.25, 0.3) is 0 Å². The molecule has 1 aromatic carbocycles. The van der Waals surface area contributed by atoms with E-state index in [0.29, 0.717) is 5.69 Å². The molecule has 1 aliphatic rings. The first-order valence-corrected chi connectivity index (χ1v) is 6.01. The van der Waals surface area contributed by atoms with Crippen LogP contribution < -0.4 is 10.6 Å². The lowest BCUT2D eigenvalue weighted by atomic mass is 10.0. The molecule has 0 saturated carbocycles. The maximum atomic E-state index is 11.8. The summed E-state index contributed by atoms with van der Waals surface area (Å²) in [6.07, 6.45) is 0. The number of aryl methyl sites for hydroxylation is 1. The summed E-state index contributed by atoms with van der Waals surface area (Å²) in [7, 11) is 0. The maximum absolute atomic E-state index is 11.8. The zero-order valence-electron chi connectivity index (χ0n) is 10.6. The van der Waals surface area contributed by atoms with Crippen LogP contribution in [0, 0.1) is 12.8 Å². The van der Waals surface area contributed by atoms with Gasteiger partial charge in [-0.3, -0.25) is 4.79 Å². The van der Waals surface area contributed by atoms with Crippen LogP contribution in [0.2, 0.25) is 0 Å². The second-order valence-electron chi connectivity index (χ2n) is 4.56. The first-order valence-electron chi connectivity index (χ1n) is 6.01. The third-order valence-electron chi connectivity index (χ3n) is 2.99. The van der Waals surface area contributed by atoms with E-state index in [1.54, 1.807) is 6.07 Å². The fourth-order valence-corrected chi connectivity index (χ4v) is 2.00. The van der Waals surface area contributed by atoms with Gasteiger partial charge in [-0.25, -0.2) is 4.79 Å². The van der Waals surface area contributed by atoms with Crippen LogP contribution in [0.5, 0.6) is 0 Å². The molecule has 0 aliphatic carbocycles. The van der Waals surface area contributed by atoms with Gasteiger partial charge in [-0.1, -0.05) is 12.1 Å². The number of benzene rings is 1. The molecule has 6 heteroatoms. The molecule has 3 N–H and O–H groups in total. The Bertz CT molecular complexity index is 489. The fraction of sp³-hybridized carbons (Fsp3) is 0.385. The summed E-state index contributed by atoms with van der Waals surface area (Å²) in [6, 6.07) is 6.44. The van der Waals surface area contributed by atoms with Crippen molar-refractivity contribution in [3.05, 3.63) is 29.8 Å². The number of carboxylic acid groups (broad SMARTS) is 1. The smallest absolute Gasteiger partial charge is 0.319 e. The van der Waals surface area contributed by atoms with E-state index in [-0.39, 0.29) is 13.2 Å². The number of carbonyl (C=O) groups is 2. The molecule has 2 amide bonds. The molecule has 6 nitrogen and oxygen atoms in total. The van der Waals surface area contributed by atoms with Crippen molar-refractivity contribution in [2.24, 2.45) is 5.92 Å². The molecule has 2 atom stereocenters. The van der Waals surface area contributed by atoms with E-state index >= 15 is 0 Å². The Hall–Kier alpha value is -2.08. The Morgan fingerprint density at radius 2 is 2.16 bits per heavy atom. The van der Waals surface area contributed by atoms with Crippen molar-refractivity contribution in [2.45, 2.75) is 13.0 Å². The molecule has 1 saturated heterocycles. The molecule has 1 heterocycles. The minimum absolute atomic E-state index is 0.130. The van der Waals surface area contributed by atoms with Gasteiger partial charge in [-0.05, 0) is 24.6 Å². The van der Waals surface area contributed by atoms with Gasteiger partial charge in [0.25, 0.3) is 0 Å². The van der Waals surface area contributed by atoms with E-state index in [1.807, 2.05) is 25.1 Å². The molecule has 102 valence electrons. The van der Waals surface area contributed by atoms with Crippen LogP contribution in [0.4, 0.5) is 10.5 Å². The van der Waals surface area contributed by atoms with E-state index in [9.17, 15) is 9.59 Å². The van der Waals surface area contributed by atoms with Gasteiger partial charge in [-0.2, -0.15) is 0 Å². The molecule has 0 spiro atoms. The molecular weight excluding hydrogens is 248 g/mol. The van der Waals surface area contributed by atoms with E-state index in [4.69, 9.17) is 9.84 Å². The molecule has 2 rings (SSSR count). The Morgan fingerprint density at radius 1 is 1.37 bits per heavy atom. The van der Waals surface area contributed by atoms with Crippen LogP contribution >= 0.6 is 0 Å². The predicted molar refractivity (Wildman–Crippen MR) is 69.1 cm³/mol. The lowest BCUT2D eigenvalue weighted by Gasteiger charge is -2.16. The largest absolute Gasteiger partial charge is 0.481 e. The van der Waals surface area contributed by atoms with Gasteiger partial charge in [0.2, 0.25) is 0 Å². The highest BCUT2D eigenvalue weighted by Gasteiger charge is 2.35. The van der Waals surface area contributed by atoms with Gasteiger partial charge in [-0.15, -0.1) is 0 Å². The number of urea groups is 1. The summed E-state index contributed by atoms with van der Waals surface area (Å²) in [4.78, 5) is 22.7. The number of rotatable bonds is 3. The summed E-state index contributed by atoms with van der Waals surface area (Å²) >= 11 is 0. The van der Waals surface area contributed by atoms with Gasteiger partial charge < -0.3 is 20.5 Å². The minimum atomic E-state index is -0.960. The molecular formula is C13H16N2O4. The number of carboxylic acids is 1. The van der Waals surface area contributed by atoms with Gasteiger partial charge in [0.15, 0.2) is 0 Å². The van der Waals surface area contributed by atoms with Crippen molar-refractivity contribution < 1.29 is 19.4 Å². The van der Waals surface area contributed by atoms with Crippen LogP contribution in [0.15, 0.2) is 24.3 Å². The predicted octanol–water partition coefficient (Wildman–Crippen LogP) is 1.22. The Balaban J connectivity index is 1.92. The molecule has 19 heavy (non-hydrogen) atoms. The number of hydrogen-bond donors (Lipinski definition) is 3. The number of hydrogen-bond acceptors (Lipinski definition) is 3. The van der Waals surface area contributed by atoms with Crippen molar-refractivity contribution in [2.75, 3.05) is 18.5 Å². The fourth-order valence-electron chi connectivity index (χ4n) is 2.00. The number of amides is 2. The maximum Gasteiger partial charge on any atom is 0.319 e. The lowest BCUT2D eigenvalue weighted by molar-refractivity contribution is -0.142. The highest BCUT2D eigenvalue weighted by Crippen LogP contribution is 2.14. The SMILES string of the molecule is Cc1cccc(NC(=O)NC2COCC2C(=O)O)c1. The summed E-state index contributed by atoms with van der Waals surface area (Å²) < 4.78 is 5.08. The number of anilines is 1. The number of carbonyl (C=O) groups excluding carboxylic acids is 1. The molecule has 1 aliphatic heterocycles. The van der Waals surface area contributed by atoms with Gasteiger partial charge in [0.1, 0.15) is 5.92 Å². The zero-order valence-corrected chi connectivity index (χ0v) is 10.6. The van der Waals surface area contributed by atoms with E-state index in [2.05, 4.69) is 10.6 Å². The van der Waals surface area contributed by atoms with Crippen molar-refractivity contribution in [1.82, 2.24) is 5.32 Å². The summed E-state index contributed by atoms with van der Waals surface area (Å²) in [5.74, 6) is -1.65. The van der Waals surface area contributed by atoms with Crippen LogP contribution in [0.3, 0.4) is 0 Å². The van der Waals surface area contributed by atoms with E-state index < -0.39 is 24.0 Å². The highest BCUT2D eigenvalue weighted by atomic mass is 16.5. The van der Waals surface area contributed by atoms with Gasteiger partial charge in [0, 0.05) is 5.69 Å². The third kappa shape index (κ3) is 3.45. The van der Waals surface area contributed by atoms with Crippen molar-refractivity contribution >= 4 is 17.7 Å². The number of aliphatic carboxylic acids is 1. The first-order chi connectivity index (χ1) is 9.06. The van der Waals surface area contributed by atoms with E-state index in [0.717, 1.165) is 5.56 Å². The molecule has 1 fully saturated rings.